The molecular weight excluding hydrogens is 168 g/mol. The van der Waals surface area contributed by atoms with Gasteiger partial charge in [0.1, 0.15) is 24.4 Å². The van der Waals surface area contributed by atoms with Crippen molar-refractivity contribution in [3.05, 3.63) is 36.3 Å². The summed E-state index contributed by atoms with van der Waals surface area (Å²) < 4.78 is 5.13. The largest absolute Gasteiger partial charge is 0.464 e. The van der Waals surface area contributed by atoms with Gasteiger partial charge in [0.25, 0.3) is 0 Å². The zero-order chi connectivity index (χ0) is 10.1. The molecule has 72 valence electrons. The second kappa shape index (κ2) is 7.31. The van der Waals surface area contributed by atoms with Crippen LogP contribution in [-0.2, 0) is 17.8 Å². The summed E-state index contributed by atoms with van der Waals surface area (Å²) in [6.07, 6.45) is 2.72. The van der Waals surface area contributed by atoms with Gasteiger partial charge in [0, 0.05) is 6.42 Å². The maximum atomic E-state index is 9.06. The molecule has 0 radical (unpaired) electrons. The number of aliphatic hydroxyl groups excluding tert-OH is 1. The Kier molecular flexibility index (Phi) is 6.55. The van der Waals surface area contributed by atoms with Crippen molar-refractivity contribution in [2.75, 3.05) is 0 Å². The monoisotopic (exact) mass is 182 g/mol. The third kappa shape index (κ3) is 4.98. The average molecular weight is 182 g/mol. The van der Waals surface area contributed by atoms with Gasteiger partial charge in [-0.2, -0.15) is 0 Å². The predicted octanol–water partition coefficient (Wildman–Crippen LogP) is 1.71. The van der Waals surface area contributed by atoms with Gasteiger partial charge in [0.05, 0.1) is 0 Å². The van der Waals surface area contributed by atoms with Crippen molar-refractivity contribution in [2.24, 2.45) is 0 Å². The SMILES string of the molecule is C=CC=O.CCc1ccc(CO)o1. The molecule has 0 spiro atoms. The molecule has 1 aromatic rings. The number of allylic oxidation sites excluding steroid dienone is 1. The summed E-state index contributed by atoms with van der Waals surface area (Å²) >= 11 is 0. The number of carbonyl (C=O) groups excluding carboxylic acids is 1. The molecule has 0 saturated heterocycles. The Labute approximate surface area is 77.7 Å². The van der Waals surface area contributed by atoms with E-state index in [1.165, 1.54) is 6.08 Å². The van der Waals surface area contributed by atoms with Crippen molar-refractivity contribution in [3.63, 3.8) is 0 Å². The highest BCUT2D eigenvalue weighted by Gasteiger charge is 1.95. The molecule has 0 aromatic carbocycles. The van der Waals surface area contributed by atoms with Gasteiger partial charge < -0.3 is 9.52 Å². The summed E-state index contributed by atoms with van der Waals surface area (Å²) in [6, 6.07) is 3.67. The van der Waals surface area contributed by atoms with E-state index in [9.17, 15) is 0 Å². The van der Waals surface area contributed by atoms with Crippen LogP contribution in [-0.4, -0.2) is 11.4 Å². The van der Waals surface area contributed by atoms with Gasteiger partial charge in [0.15, 0.2) is 0 Å². The van der Waals surface area contributed by atoms with Gasteiger partial charge in [-0.1, -0.05) is 13.5 Å². The summed E-state index contributed by atoms with van der Waals surface area (Å²) in [5.41, 5.74) is 0. The van der Waals surface area contributed by atoms with E-state index in [1.807, 2.05) is 13.0 Å². The van der Waals surface area contributed by atoms with Crippen molar-refractivity contribution in [2.45, 2.75) is 20.0 Å². The summed E-state index contributed by atoms with van der Waals surface area (Å²) in [7, 11) is 0. The van der Waals surface area contributed by atoms with E-state index >= 15 is 0 Å². The molecule has 13 heavy (non-hydrogen) atoms. The highest BCUT2D eigenvalue weighted by Crippen LogP contribution is 2.07. The van der Waals surface area contributed by atoms with Crippen LogP contribution in [0.5, 0.6) is 0 Å². The van der Waals surface area contributed by atoms with Gasteiger partial charge >= 0.3 is 0 Å². The fourth-order valence-electron chi connectivity index (χ4n) is 0.697. The highest BCUT2D eigenvalue weighted by molar-refractivity contribution is 5.63. The van der Waals surface area contributed by atoms with Crippen LogP contribution >= 0.6 is 0 Å². The number of carbonyl (C=O) groups is 1. The first-order valence-corrected chi connectivity index (χ1v) is 4.03. The van der Waals surface area contributed by atoms with Crippen molar-refractivity contribution in [3.8, 4) is 0 Å². The molecule has 0 unspecified atom stereocenters. The lowest BCUT2D eigenvalue weighted by molar-refractivity contribution is -0.104. The molecule has 0 atom stereocenters. The fourth-order valence-corrected chi connectivity index (χ4v) is 0.697. The maximum absolute atomic E-state index is 9.06. The van der Waals surface area contributed by atoms with Crippen LogP contribution in [0, 0.1) is 0 Å². The Morgan fingerprint density at radius 2 is 2.08 bits per heavy atom. The van der Waals surface area contributed by atoms with Gasteiger partial charge in [-0.25, -0.2) is 0 Å². The van der Waals surface area contributed by atoms with Crippen LogP contribution in [0.3, 0.4) is 0 Å². The minimum atomic E-state index is 0. The van der Waals surface area contributed by atoms with Crippen LogP contribution < -0.4 is 0 Å². The number of aryl methyl sites for hydroxylation is 1. The first kappa shape index (κ1) is 11.6. The maximum Gasteiger partial charge on any atom is 0.142 e. The van der Waals surface area contributed by atoms with Crippen molar-refractivity contribution in [1.29, 1.82) is 0 Å². The normalized spacial score (nSPS) is 8.46. The van der Waals surface area contributed by atoms with E-state index in [-0.39, 0.29) is 6.61 Å². The number of aliphatic hydroxyl groups is 1. The van der Waals surface area contributed by atoms with Gasteiger partial charge in [-0.05, 0) is 18.2 Å². The second-order valence-electron chi connectivity index (χ2n) is 2.25. The molecule has 0 bridgehead atoms. The number of furan rings is 1. The number of hydrogen-bond acceptors (Lipinski definition) is 3. The van der Waals surface area contributed by atoms with Gasteiger partial charge in [0.2, 0.25) is 0 Å². The minimum absolute atomic E-state index is 0. The number of aldehydes is 1. The second-order valence-corrected chi connectivity index (χ2v) is 2.25. The Morgan fingerprint density at radius 3 is 2.31 bits per heavy atom. The summed E-state index contributed by atoms with van der Waals surface area (Å²) in [6.45, 7) is 5.12. The molecule has 0 aliphatic heterocycles. The Hall–Kier alpha value is -1.35. The molecule has 1 aromatic heterocycles. The summed E-state index contributed by atoms with van der Waals surface area (Å²) in [5, 5.41) is 8.55. The lowest BCUT2D eigenvalue weighted by atomic mass is 10.4. The summed E-state index contributed by atoms with van der Waals surface area (Å²) in [5.74, 6) is 1.57. The standard InChI is InChI=1S/C7H10O2.C3H4O/c1-2-6-3-4-7(5-8)9-6;1-2-3-4/h3-4,8H,2,5H2,1H3;2-3H,1H2. The highest BCUT2D eigenvalue weighted by atomic mass is 16.4. The molecule has 0 saturated carbocycles. The topological polar surface area (TPSA) is 50.4 Å². The van der Waals surface area contributed by atoms with Gasteiger partial charge in [-0.3, -0.25) is 4.79 Å². The average Bonchev–Trinajstić information content (AvgIpc) is 2.66. The number of hydrogen-bond donors (Lipinski definition) is 1. The molecule has 0 amide bonds. The molecule has 1 rings (SSSR count). The van der Waals surface area contributed by atoms with E-state index in [0.717, 1.165) is 12.2 Å². The summed E-state index contributed by atoms with van der Waals surface area (Å²) in [4.78, 5) is 9.06. The van der Waals surface area contributed by atoms with Crippen molar-refractivity contribution in [1.82, 2.24) is 0 Å². The third-order valence-corrected chi connectivity index (χ3v) is 1.32. The van der Waals surface area contributed by atoms with Crippen LogP contribution in [0.1, 0.15) is 18.4 Å². The smallest absolute Gasteiger partial charge is 0.142 e. The molecule has 1 heterocycles. The zero-order valence-electron chi connectivity index (χ0n) is 7.69. The van der Waals surface area contributed by atoms with E-state index in [2.05, 4.69) is 6.58 Å². The van der Waals surface area contributed by atoms with Crippen molar-refractivity contribution < 1.29 is 14.3 Å². The lowest BCUT2D eigenvalue weighted by Gasteiger charge is -1.86. The van der Waals surface area contributed by atoms with Crippen molar-refractivity contribution >= 4 is 6.29 Å². The quantitative estimate of drug-likeness (QED) is 0.571. The first-order valence-electron chi connectivity index (χ1n) is 4.03. The van der Waals surface area contributed by atoms with E-state index in [4.69, 9.17) is 14.3 Å². The first-order chi connectivity index (χ1) is 6.28. The predicted molar refractivity (Wildman–Crippen MR) is 50.3 cm³/mol. The molecule has 0 aliphatic rings. The van der Waals surface area contributed by atoms with E-state index in [0.29, 0.717) is 12.0 Å². The van der Waals surface area contributed by atoms with Crippen LogP contribution in [0.2, 0.25) is 0 Å². The Bertz CT molecular complexity index is 226. The van der Waals surface area contributed by atoms with E-state index < -0.39 is 0 Å². The van der Waals surface area contributed by atoms with Gasteiger partial charge in [-0.15, -0.1) is 0 Å². The fraction of sp³-hybridized carbons (Fsp3) is 0.300. The molecule has 1 N–H and O–H groups in total. The molecule has 0 aliphatic carbocycles. The molecule has 3 heteroatoms. The minimum Gasteiger partial charge on any atom is -0.464 e. The third-order valence-electron chi connectivity index (χ3n) is 1.32. The lowest BCUT2D eigenvalue weighted by Crippen LogP contribution is -1.75. The molecule has 0 fully saturated rings. The zero-order valence-corrected chi connectivity index (χ0v) is 7.69. The number of rotatable bonds is 3. The Morgan fingerprint density at radius 1 is 1.54 bits per heavy atom. The van der Waals surface area contributed by atoms with Crippen LogP contribution in [0.25, 0.3) is 0 Å². The van der Waals surface area contributed by atoms with Crippen LogP contribution in [0.15, 0.2) is 29.2 Å². The Balaban J connectivity index is 0.000000310. The van der Waals surface area contributed by atoms with E-state index in [1.54, 1.807) is 6.07 Å². The van der Waals surface area contributed by atoms with Crippen LogP contribution in [0.4, 0.5) is 0 Å². The molecule has 3 nitrogen and oxygen atoms in total. The molecular formula is C10H14O3.